The molecule has 1 fully saturated rings. The van der Waals surface area contributed by atoms with E-state index in [4.69, 9.17) is 18.9 Å². The molecule has 28 heavy (non-hydrogen) atoms. The monoisotopic (exact) mass is 406 g/mol. The third kappa shape index (κ3) is 6.35. The molecule has 1 aromatic rings. The van der Waals surface area contributed by atoms with Crippen molar-refractivity contribution in [2.75, 3.05) is 19.8 Å². The van der Waals surface area contributed by atoms with Gasteiger partial charge < -0.3 is 24.7 Å². The summed E-state index contributed by atoms with van der Waals surface area (Å²) in [7, 11) is 0. The molecule has 0 radical (unpaired) electrons. The predicted molar refractivity (Wildman–Crippen MR) is 93.5 cm³/mol. The van der Waals surface area contributed by atoms with Crippen LogP contribution >= 0.6 is 0 Å². The molecule has 0 bridgehead atoms. The molecule has 4 atom stereocenters. The van der Waals surface area contributed by atoms with E-state index in [0.717, 1.165) is 12.1 Å². The van der Waals surface area contributed by atoms with Crippen molar-refractivity contribution in [2.24, 2.45) is 5.92 Å². The molecule has 0 spiro atoms. The van der Waals surface area contributed by atoms with E-state index in [1.165, 1.54) is 12.1 Å². The zero-order valence-electron chi connectivity index (χ0n) is 16.2. The number of halogens is 3. The summed E-state index contributed by atoms with van der Waals surface area (Å²) in [6, 6.07) is 3.66. The Balaban J connectivity index is 2.22. The summed E-state index contributed by atoms with van der Waals surface area (Å²) in [6.45, 7) is 6.27. The summed E-state index contributed by atoms with van der Waals surface area (Å²) < 4.78 is 61.0. The second-order valence-electron chi connectivity index (χ2n) is 7.25. The van der Waals surface area contributed by atoms with Gasteiger partial charge in [-0.15, -0.1) is 0 Å². The van der Waals surface area contributed by atoms with Gasteiger partial charge in [0.1, 0.15) is 24.6 Å². The molecule has 0 aromatic heterocycles. The van der Waals surface area contributed by atoms with Crippen LogP contribution in [0.3, 0.4) is 0 Å². The molecular weight excluding hydrogens is 379 g/mol. The van der Waals surface area contributed by atoms with Crippen molar-refractivity contribution in [2.45, 2.75) is 51.3 Å². The van der Waals surface area contributed by atoms with Gasteiger partial charge in [0.15, 0.2) is 6.10 Å². The van der Waals surface area contributed by atoms with Gasteiger partial charge in [-0.25, -0.2) is 4.79 Å². The van der Waals surface area contributed by atoms with Crippen molar-refractivity contribution in [3.8, 4) is 5.75 Å². The minimum absolute atomic E-state index is 0.0834. The van der Waals surface area contributed by atoms with Crippen LogP contribution in [-0.4, -0.2) is 50.1 Å². The minimum atomic E-state index is -4.43. The maximum absolute atomic E-state index is 12.8. The number of hydrogen-bond donors (Lipinski definition) is 1. The van der Waals surface area contributed by atoms with E-state index >= 15 is 0 Å². The SMILES string of the molecule is CC(C)CO[C@H]1COC[C@H]([NH3+])C(=O)O[C@@H](C)[C@@H]1Oc1ccc(C(F)(F)F)cc1. The molecule has 0 aliphatic carbocycles. The van der Waals surface area contributed by atoms with Crippen LogP contribution in [0.25, 0.3) is 0 Å². The van der Waals surface area contributed by atoms with E-state index in [-0.39, 0.29) is 24.9 Å². The highest BCUT2D eigenvalue weighted by atomic mass is 19.4. The molecule has 3 N–H and O–H groups in total. The van der Waals surface area contributed by atoms with Crippen molar-refractivity contribution in [1.82, 2.24) is 0 Å². The lowest BCUT2D eigenvalue weighted by Crippen LogP contribution is -2.67. The third-order valence-electron chi connectivity index (χ3n) is 4.16. The summed E-state index contributed by atoms with van der Waals surface area (Å²) in [4.78, 5) is 12.1. The summed E-state index contributed by atoms with van der Waals surface area (Å²) >= 11 is 0. The number of ether oxygens (including phenoxy) is 4. The first-order chi connectivity index (χ1) is 13.1. The summed E-state index contributed by atoms with van der Waals surface area (Å²) in [6.07, 6.45) is -6.47. The van der Waals surface area contributed by atoms with Gasteiger partial charge in [0.05, 0.1) is 12.2 Å². The zero-order chi connectivity index (χ0) is 20.9. The van der Waals surface area contributed by atoms with E-state index in [1.54, 1.807) is 6.92 Å². The molecule has 9 heteroatoms. The van der Waals surface area contributed by atoms with Crippen LogP contribution in [0.4, 0.5) is 13.2 Å². The number of benzene rings is 1. The molecule has 1 aliphatic rings. The normalized spacial score (nSPS) is 26.9. The van der Waals surface area contributed by atoms with E-state index in [9.17, 15) is 18.0 Å². The van der Waals surface area contributed by atoms with Gasteiger partial charge >= 0.3 is 12.1 Å². The maximum Gasteiger partial charge on any atom is 0.416 e. The lowest BCUT2D eigenvalue weighted by Gasteiger charge is -2.31. The predicted octanol–water partition coefficient (Wildman–Crippen LogP) is 2.07. The first kappa shape index (κ1) is 22.4. The van der Waals surface area contributed by atoms with Crippen LogP contribution in [0.15, 0.2) is 24.3 Å². The molecule has 158 valence electrons. The van der Waals surface area contributed by atoms with Crippen LogP contribution in [-0.2, 0) is 25.2 Å². The minimum Gasteiger partial charge on any atom is -0.484 e. The van der Waals surface area contributed by atoms with Crippen LogP contribution in [0.2, 0.25) is 0 Å². The van der Waals surface area contributed by atoms with Gasteiger partial charge in [-0.3, -0.25) is 0 Å². The average molecular weight is 406 g/mol. The van der Waals surface area contributed by atoms with E-state index < -0.39 is 42.1 Å². The summed E-state index contributed by atoms with van der Waals surface area (Å²) in [5, 5.41) is 0. The topological polar surface area (TPSA) is 81.6 Å². The van der Waals surface area contributed by atoms with Crippen LogP contribution in [0.1, 0.15) is 26.3 Å². The molecule has 0 unspecified atom stereocenters. The first-order valence-electron chi connectivity index (χ1n) is 9.14. The number of quaternary nitrogens is 1. The molecule has 1 aliphatic heterocycles. The van der Waals surface area contributed by atoms with Crippen LogP contribution in [0.5, 0.6) is 5.75 Å². The lowest BCUT2D eigenvalue weighted by molar-refractivity contribution is -0.415. The Hall–Kier alpha value is -1.84. The fraction of sp³-hybridized carbons (Fsp3) is 0.632. The van der Waals surface area contributed by atoms with Gasteiger partial charge in [0.25, 0.3) is 0 Å². The number of carbonyl (C=O) groups excluding carboxylic acids is 1. The molecular formula is C19H27F3NO5+. The Morgan fingerprint density at radius 3 is 2.43 bits per heavy atom. The van der Waals surface area contributed by atoms with Gasteiger partial charge in [0.2, 0.25) is 6.04 Å². The molecule has 1 aromatic carbocycles. The summed E-state index contributed by atoms with van der Waals surface area (Å²) in [5.74, 6) is -0.0692. The number of hydrogen-bond acceptors (Lipinski definition) is 5. The van der Waals surface area contributed by atoms with Crippen molar-refractivity contribution in [3.63, 3.8) is 0 Å². The second kappa shape index (κ2) is 9.58. The molecule has 1 saturated heterocycles. The fourth-order valence-electron chi connectivity index (χ4n) is 2.65. The highest BCUT2D eigenvalue weighted by Crippen LogP contribution is 2.31. The highest BCUT2D eigenvalue weighted by Gasteiger charge is 2.37. The number of rotatable bonds is 5. The Kier molecular flexibility index (Phi) is 7.68. The molecule has 0 saturated carbocycles. The molecule has 1 heterocycles. The van der Waals surface area contributed by atoms with Crippen molar-refractivity contribution in [3.05, 3.63) is 29.8 Å². The van der Waals surface area contributed by atoms with E-state index in [0.29, 0.717) is 6.61 Å². The number of cyclic esters (lactones) is 1. The molecule has 0 amide bonds. The maximum atomic E-state index is 12.8. The van der Waals surface area contributed by atoms with E-state index in [2.05, 4.69) is 5.73 Å². The standard InChI is InChI=1S/C19H26F3NO5/c1-11(2)8-26-16-10-25-9-15(23)18(24)27-12(3)17(16)28-14-6-4-13(5-7-14)19(20,21)22/h4-7,11-12,15-17H,8-10,23H2,1-3H3/p+1/t12-,15-,16-,17-/m0/s1. The van der Waals surface area contributed by atoms with Crippen LogP contribution in [0, 0.1) is 5.92 Å². The fourth-order valence-corrected chi connectivity index (χ4v) is 2.65. The number of alkyl halides is 3. The Bertz CT molecular complexity index is 635. The largest absolute Gasteiger partial charge is 0.484 e. The number of esters is 1. The Morgan fingerprint density at radius 2 is 1.86 bits per heavy atom. The second-order valence-corrected chi connectivity index (χ2v) is 7.25. The van der Waals surface area contributed by atoms with Crippen molar-refractivity contribution in [1.29, 1.82) is 0 Å². The van der Waals surface area contributed by atoms with Gasteiger partial charge in [-0.2, -0.15) is 13.2 Å². The Labute approximate surface area is 162 Å². The lowest BCUT2D eigenvalue weighted by atomic mass is 10.1. The van der Waals surface area contributed by atoms with Crippen molar-refractivity contribution >= 4 is 5.97 Å². The molecule has 2 rings (SSSR count). The van der Waals surface area contributed by atoms with Crippen molar-refractivity contribution < 1.29 is 42.6 Å². The first-order valence-corrected chi connectivity index (χ1v) is 9.14. The zero-order valence-corrected chi connectivity index (χ0v) is 16.2. The van der Waals surface area contributed by atoms with Gasteiger partial charge in [-0.1, -0.05) is 13.8 Å². The van der Waals surface area contributed by atoms with E-state index in [1.807, 2.05) is 13.8 Å². The van der Waals surface area contributed by atoms with Crippen LogP contribution < -0.4 is 10.5 Å². The third-order valence-corrected chi connectivity index (χ3v) is 4.16. The summed E-state index contributed by atoms with van der Waals surface area (Å²) in [5.41, 5.74) is 2.94. The number of carbonyl (C=O) groups is 1. The Morgan fingerprint density at radius 1 is 1.21 bits per heavy atom. The molecule has 6 nitrogen and oxygen atoms in total. The van der Waals surface area contributed by atoms with Gasteiger partial charge in [0, 0.05) is 6.61 Å². The smallest absolute Gasteiger partial charge is 0.416 e. The quantitative estimate of drug-likeness (QED) is 0.757. The highest BCUT2D eigenvalue weighted by molar-refractivity contribution is 5.74. The average Bonchev–Trinajstić information content (AvgIpc) is 2.65. The van der Waals surface area contributed by atoms with Gasteiger partial charge in [-0.05, 0) is 37.1 Å².